The summed E-state index contributed by atoms with van der Waals surface area (Å²) in [6.45, 7) is 5.89. The number of carbonyl (C=O) groups excluding carboxylic acids is 2. The van der Waals surface area contributed by atoms with Crippen LogP contribution in [-0.2, 0) is 16.1 Å². The number of benzene rings is 1. The number of anilines is 1. The normalized spacial score (nSPS) is 11.9. The molecule has 1 amide bonds. The smallest absolute Gasteiger partial charge is 0.340 e. The van der Waals surface area contributed by atoms with Crippen molar-refractivity contribution >= 4 is 17.6 Å². The number of aromatic nitrogens is 1. The molecule has 0 aliphatic rings. The third kappa shape index (κ3) is 4.01. The molecule has 2 heterocycles. The number of rotatable bonds is 6. The van der Waals surface area contributed by atoms with E-state index in [1.165, 1.54) is 4.90 Å². The molecule has 28 heavy (non-hydrogen) atoms. The van der Waals surface area contributed by atoms with Gasteiger partial charge < -0.3 is 18.6 Å². The van der Waals surface area contributed by atoms with E-state index in [4.69, 9.17) is 9.15 Å². The van der Waals surface area contributed by atoms with Crippen LogP contribution in [0.3, 0.4) is 0 Å². The number of aryl methyl sites for hydroxylation is 1. The fourth-order valence-corrected chi connectivity index (χ4v) is 3.14. The van der Waals surface area contributed by atoms with Gasteiger partial charge in [-0.15, -0.1) is 0 Å². The minimum Gasteiger partial charge on any atom is -0.467 e. The molecule has 0 radical (unpaired) electrons. The van der Waals surface area contributed by atoms with Crippen molar-refractivity contribution in [3.63, 3.8) is 0 Å². The van der Waals surface area contributed by atoms with Gasteiger partial charge in [0.15, 0.2) is 6.10 Å². The lowest BCUT2D eigenvalue weighted by Crippen LogP contribution is -2.37. The molecule has 0 saturated carbocycles. The van der Waals surface area contributed by atoms with Gasteiger partial charge in [-0.3, -0.25) is 4.79 Å². The van der Waals surface area contributed by atoms with Gasteiger partial charge in [0.05, 0.1) is 18.4 Å². The van der Waals surface area contributed by atoms with E-state index in [2.05, 4.69) is 0 Å². The molecule has 2 aromatic heterocycles. The second kappa shape index (κ2) is 8.17. The SMILES string of the molecule is Cc1cc(C(=O)OC(C)C(=O)N(C)c2ccccc2)c(C)n1Cc1ccco1. The van der Waals surface area contributed by atoms with Gasteiger partial charge >= 0.3 is 5.97 Å². The highest BCUT2D eigenvalue weighted by Gasteiger charge is 2.25. The fourth-order valence-electron chi connectivity index (χ4n) is 3.14. The van der Waals surface area contributed by atoms with Crippen LogP contribution in [0.2, 0.25) is 0 Å². The number of hydrogen-bond donors (Lipinski definition) is 0. The maximum Gasteiger partial charge on any atom is 0.340 e. The van der Waals surface area contributed by atoms with Crippen LogP contribution >= 0.6 is 0 Å². The van der Waals surface area contributed by atoms with Gasteiger partial charge in [-0.25, -0.2) is 4.79 Å². The second-order valence-electron chi connectivity index (χ2n) is 6.73. The number of ether oxygens (including phenoxy) is 1. The van der Waals surface area contributed by atoms with E-state index >= 15 is 0 Å². The summed E-state index contributed by atoms with van der Waals surface area (Å²) in [5, 5.41) is 0. The zero-order valence-corrected chi connectivity index (χ0v) is 16.5. The van der Waals surface area contributed by atoms with Gasteiger partial charge in [0, 0.05) is 24.1 Å². The summed E-state index contributed by atoms with van der Waals surface area (Å²) in [5.41, 5.74) is 2.88. The van der Waals surface area contributed by atoms with E-state index in [0.717, 1.165) is 22.8 Å². The fraction of sp³-hybridized carbons (Fsp3) is 0.273. The van der Waals surface area contributed by atoms with Gasteiger partial charge in [0.2, 0.25) is 0 Å². The van der Waals surface area contributed by atoms with Crippen molar-refractivity contribution in [3.8, 4) is 0 Å². The zero-order valence-electron chi connectivity index (χ0n) is 16.5. The minimum absolute atomic E-state index is 0.288. The van der Waals surface area contributed by atoms with Crippen LogP contribution in [0.4, 0.5) is 5.69 Å². The summed E-state index contributed by atoms with van der Waals surface area (Å²) in [6, 6.07) is 14.7. The molecule has 1 atom stereocenters. The second-order valence-corrected chi connectivity index (χ2v) is 6.73. The molecule has 0 aliphatic heterocycles. The van der Waals surface area contributed by atoms with E-state index in [9.17, 15) is 9.59 Å². The lowest BCUT2D eigenvalue weighted by Gasteiger charge is -2.21. The lowest BCUT2D eigenvalue weighted by molar-refractivity contribution is -0.126. The number of likely N-dealkylation sites (N-methyl/N-ethyl adjacent to an activating group) is 1. The van der Waals surface area contributed by atoms with Crippen LogP contribution in [0.25, 0.3) is 0 Å². The standard InChI is InChI=1S/C22H24N2O4/c1-15-13-20(16(2)24(15)14-19-11-8-12-27-19)22(26)28-17(3)21(25)23(4)18-9-6-5-7-10-18/h5-13,17H,14H2,1-4H3. The molecule has 1 aromatic carbocycles. The summed E-state index contributed by atoms with van der Waals surface area (Å²) in [5.74, 6) is -0.000186. The molecule has 0 spiro atoms. The Morgan fingerprint density at radius 1 is 1.14 bits per heavy atom. The first kappa shape index (κ1) is 19.5. The van der Waals surface area contributed by atoms with Crippen LogP contribution < -0.4 is 4.90 Å². The van der Waals surface area contributed by atoms with Crippen molar-refractivity contribution in [3.05, 3.63) is 77.5 Å². The third-order valence-electron chi connectivity index (χ3n) is 4.79. The van der Waals surface area contributed by atoms with E-state index < -0.39 is 12.1 Å². The predicted octanol–water partition coefficient (Wildman–Crippen LogP) is 3.95. The molecule has 146 valence electrons. The number of para-hydroxylation sites is 1. The topological polar surface area (TPSA) is 64.7 Å². The van der Waals surface area contributed by atoms with Crippen molar-refractivity contribution < 1.29 is 18.7 Å². The lowest BCUT2D eigenvalue weighted by atomic mass is 10.2. The Hall–Kier alpha value is -3.28. The first-order valence-electron chi connectivity index (χ1n) is 9.11. The molecule has 0 N–H and O–H groups in total. The maximum atomic E-state index is 12.7. The molecule has 0 saturated heterocycles. The van der Waals surface area contributed by atoms with E-state index in [1.807, 2.05) is 60.9 Å². The number of furan rings is 1. The highest BCUT2D eigenvalue weighted by molar-refractivity contribution is 5.99. The van der Waals surface area contributed by atoms with Crippen LogP contribution in [0, 0.1) is 13.8 Å². The Morgan fingerprint density at radius 2 is 1.86 bits per heavy atom. The predicted molar refractivity (Wildman–Crippen MR) is 106 cm³/mol. The highest BCUT2D eigenvalue weighted by atomic mass is 16.5. The molecular formula is C22H24N2O4. The van der Waals surface area contributed by atoms with Crippen LogP contribution in [0.15, 0.2) is 59.2 Å². The molecule has 0 fully saturated rings. The van der Waals surface area contributed by atoms with Crippen molar-refractivity contribution in [2.75, 3.05) is 11.9 Å². The van der Waals surface area contributed by atoms with Crippen molar-refractivity contribution in [1.29, 1.82) is 0 Å². The van der Waals surface area contributed by atoms with E-state index in [-0.39, 0.29) is 5.91 Å². The quantitative estimate of drug-likeness (QED) is 0.607. The van der Waals surface area contributed by atoms with Gasteiger partial charge in [0.25, 0.3) is 5.91 Å². The molecule has 3 rings (SSSR count). The first-order chi connectivity index (χ1) is 13.4. The van der Waals surface area contributed by atoms with Gasteiger partial charge in [-0.1, -0.05) is 18.2 Å². The Kier molecular flexibility index (Phi) is 5.68. The molecule has 0 aliphatic carbocycles. The summed E-state index contributed by atoms with van der Waals surface area (Å²) >= 11 is 0. The van der Waals surface area contributed by atoms with Crippen molar-refractivity contribution in [2.45, 2.75) is 33.4 Å². The summed E-state index contributed by atoms with van der Waals surface area (Å²) in [7, 11) is 1.66. The van der Waals surface area contributed by atoms with Crippen molar-refractivity contribution in [2.24, 2.45) is 0 Å². The molecule has 6 heteroatoms. The Balaban J connectivity index is 1.71. The number of nitrogens with zero attached hydrogens (tertiary/aromatic N) is 2. The average Bonchev–Trinajstić information content (AvgIpc) is 3.31. The number of esters is 1. The van der Waals surface area contributed by atoms with E-state index in [1.54, 1.807) is 26.3 Å². The summed E-state index contributed by atoms with van der Waals surface area (Å²) < 4.78 is 12.8. The van der Waals surface area contributed by atoms with Gasteiger partial charge in [0.1, 0.15) is 5.76 Å². The maximum absolute atomic E-state index is 12.7. The van der Waals surface area contributed by atoms with E-state index in [0.29, 0.717) is 12.1 Å². The molecular weight excluding hydrogens is 356 g/mol. The Morgan fingerprint density at radius 3 is 2.50 bits per heavy atom. The van der Waals surface area contributed by atoms with Gasteiger partial charge in [-0.05, 0) is 51.1 Å². The molecule has 3 aromatic rings. The molecule has 6 nitrogen and oxygen atoms in total. The number of carbonyl (C=O) groups is 2. The Labute approximate surface area is 164 Å². The minimum atomic E-state index is -0.897. The first-order valence-corrected chi connectivity index (χ1v) is 9.11. The molecule has 0 bridgehead atoms. The monoisotopic (exact) mass is 380 g/mol. The average molecular weight is 380 g/mol. The van der Waals surface area contributed by atoms with Crippen molar-refractivity contribution in [1.82, 2.24) is 4.57 Å². The van der Waals surface area contributed by atoms with Crippen LogP contribution in [0.1, 0.15) is 34.4 Å². The van der Waals surface area contributed by atoms with Crippen LogP contribution in [-0.4, -0.2) is 29.6 Å². The number of hydrogen-bond acceptors (Lipinski definition) is 4. The van der Waals surface area contributed by atoms with Crippen LogP contribution in [0.5, 0.6) is 0 Å². The summed E-state index contributed by atoms with van der Waals surface area (Å²) in [4.78, 5) is 26.8. The third-order valence-corrected chi connectivity index (χ3v) is 4.79. The van der Waals surface area contributed by atoms with Gasteiger partial charge in [-0.2, -0.15) is 0 Å². The largest absolute Gasteiger partial charge is 0.467 e. The number of amides is 1. The molecule has 1 unspecified atom stereocenters. The summed E-state index contributed by atoms with van der Waals surface area (Å²) in [6.07, 6.45) is 0.723. The zero-order chi connectivity index (χ0) is 20.3. The highest BCUT2D eigenvalue weighted by Crippen LogP contribution is 2.20. The Bertz CT molecular complexity index is 958.